The lowest BCUT2D eigenvalue weighted by molar-refractivity contribution is -0.129. The van der Waals surface area contributed by atoms with Gasteiger partial charge in [0.05, 0.1) is 5.75 Å². The molecule has 0 amide bonds. The number of carboxylic acid groups (broad SMARTS) is 1. The first-order valence-corrected chi connectivity index (χ1v) is 14.3. The molecule has 2 N–H and O–H groups in total. The normalized spacial score (nSPS) is 12.2. The van der Waals surface area contributed by atoms with Crippen molar-refractivity contribution in [3.63, 3.8) is 0 Å². The molecule has 1 aromatic heterocycles. The van der Waals surface area contributed by atoms with Gasteiger partial charge in [-0.2, -0.15) is 0 Å². The van der Waals surface area contributed by atoms with Crippen LogP contribution in [0.5, 0.6) is 0 Å². The molecule has 10 heteroatoms. The summed E-state index contributed by atoms with van der Waals surface area (Å²) in [5.41, 5.74) is 1.77. The highest BCUT2D eigenvalue weighted by Gasteiger charge is 2.37. The Morgan fingerprint density at radius 3 is 1.86 bits per heavy atom. The third-order valence-electron chi connectivity index (χ3n) is 5.57. The molecule has 0 aliphatic heterocycles. The zero-order chi connectivity index (χ0) is 26.3. The molecule has 0 fully saturated rings. The molecule has 0 radical (unpaired) electrons. The molecular formula is C27H25N3O5S2. The maximum Gasteiger partial charge on any atom is 0.360 e. The number of sulfone groups is 1. The summed E-state index contributed by atoms with van der Waals surface area (Å²) >= 11 is 1.23. The van der Waals surface area contributed by atoms with Gasteiger partial charge in [0.1, 0.15) is 17.8 Å². The van der Waals surface area contributed by atoms with Crippen molar-refractivity contribution in [1.29, 1.82) is 0 Å². The number of thiazole rings is 1. The minimum Gasteiger partial charge on any atom is -0.476 e. The van der Waals surface area contributed by atoms with Gasteiger partial charge in [-0.1, -0.05) is 96.2 Å². The molecule has 0 saturated heterocycles. The smallest absolute Gasteiger partial charge is 0.360 e. The molecule has 0 atom stereocenters. The van der Waals surface area contributed by atoms with Crippen molar-refractivity contribution in [2.45, 2.75) is 5.54 Å². The Morgan fingerprint density at radius 1 is 0.946 bits per heavy atom. The number of hydrogen-bond donors (Lipinski definition) is 2. The van der Waals surface area contributed by atoms with Gasteiger partial charge in [0.2, 0.25) is 5.71 Å². The Bertz CT molecular complexity index is 1380. The molecule has 0 aliphatic carbocycles. The lowest BCUT2D eigenvalue weighted by Crippen LogP contribution is -2.38. The number of rotatable bonds is 11. The SMILES string of the molecule is CS(=O)(=O)CCO/N=C(\C(=O)O)c1csc(NC(c2ccccc2)(c2ccccc2)c2ccccc2)n1. The number of nitrogens with one attached hydrogen (secondary N) is 1. The summed E-state index contributed by atoms with van der Waals surface area (Å²) in [5.74, 6) is -1.61. The second-order valence-electron chi connectivity index (χ2n) is 8.22. The molecule has 0 unspecified atom stereocenters. The molecule has 0 spiro atoms. The van der Waals surface area contributed by atoms with Crippen molar-refractivity contribution in [1.82, 2.24) is 4.98 Å². The predicted octanol–water partition coefficient (Wildman–Crippen LogP) is 4.40. The molecule has 0 bridgehead atoms. The molecule has 0 aliphatic rings. The van der Waals surface area contributed by atoms with E-state index in [2.05, 4.69) is 15.5 Å². The summed E-state index contributed by atoms with van der Waals surface area (Å²) in [6.07, 6.45) is 1.06. The van der Waals surface area contributed by atoms with Crippen LogP contribution in [0, 0.1) is 0 Å². The number of carbonyl (C=O) groups is 1. The van der Waals surface area contributed by atoms with Crippen molar-refractivity contribution < 1.29 is 23.2 Å². The van der Waals surface area contributed by atoms with Gasteiger partial charge in [-0.25, -0.2) is 18.2 Å². The molecule has 4 rings (SSSR count). The van der Waals surface area contributed by atoms with E-state index in [1.54, 1.807) is 5.38 Å². The summed E-state index contributed by atoms with van der Waals surface area (Å²) in [4.78, 5) is 21.4. The lowest BCUT2D eigenvalue weighted by Gasteiger charge is -2.36. The first-order chi connectivity index (χ1) is 17.8. The summed E-state index contributed by atoms with van der Waals surface area (Å²) in [6, 6.07) is 29.8. The quantitative estimate of drug-likeness (QED) is 0.127. The highest BCUT2D eigenvalue weighted by Crippen LogP contribution is 2.40. The molecule has 8 nitrogen and oxygen atoms in total. The molecule has 37 heavy (non-hydrogen) atoms. The number of carboxylic acids is 1. The van der Waals surface area contributed by atoms with Gasteiger partial charge in [-0.3, -0.25) is 0 Å². The fourth-order valence-electron chi connectivity index (χ4n) is 3.88. The average molecular weight is 536 g/mol. The summed E-state index contributed by atoms with van der Waals surface area (Å²) in [6.45, 7) is -0.260. The third kappa shape index (κ3) is 6.22. The summed E-state index contributed by atoms with van der Waals surface area (Å²) in [5, 5.41) is 18.9. The lowest BCUT2D eigenvalue weighted by atomic mass is 9.77. The second kappa shape index (κ2) is 11.4. The highest BCUT2D eigenvalue weighted by atomic mass is 32.2. The van der Waals surface area contributed by atoms with E-state index in [0.29, 0.717) is 5.13 Å². The number of hydrogen-bond acceptors (Lipinski definition) is 8. The van der Waals surface area contributed by atoms with Gasteiger partial charge in [-0.05, 0) is 16.7 Å². The van der Waals surface area contributed by atoms with E-state index in [0.717, 1.165) is 22.9 Å². The van der Waals surface area contributed by atoms with Gasteiger partial charge in [-0.15, -0.1) is 11.3 Å². The van der Waals surface area contributed by atoms with Crippen molar-refractivity contribution in [3.8, 4) is 0 Å². The van der Waals surface area contributed by atoms with Crippen LogP contribution in [0.15, 0.2) is 102 Å². The van der Waals surface area contributed by atoms with Gasteiger partial charge >= 0.3 is 5.97 Å². The fraction of sp³-hybridized carbons (Fsp3) is 0.148. The van der Waals surface area contributed by atoms with Crippen LogP contribution in [0.3, 0.4) is 0 Å². The van der Waals surface area contributed by atoms with Gasteiger partial charge in [0.25, 0.3) is 0 Å². The Hall–Kier alpha value is -4.02. The van der Waals surface area contributed by atoms with Crippen molar-refractivity contribution in [2.24, 2.45) is 5.16 Å². The number of aliphatic carboxylic acids is 1. The van der Waals surface area contributed by atoms with E-state index in [1.165, 1.54) is 11.3 Å². The van der Waals surface area contributed by atoms with Crippen LogP contribution in [-0.2, 0) is 25.0 Å². The van der Waals surface area contributed by atoms with E-state index in [4.69, 9.17) is 4.84 Å². The first-order valence-electron chi connectivity index (χ1n) is 11.3. The van der Waals surface area contributed by atoms with E-state index in [-0.39, 0.29) is 18.1 Å². The summed E-state index contributed by atoms with van der Waals surface area (Å²) in [7, 11) is -3.27. The van der Waals surface area contributed by atoms with Gasteiger partial charge in [0.15, 0.2) is 15.0 Å². The minimum absolute atomic E-state index is 0.0995. The Labute approximate surface area is 219 Å². The largest absolute Gasteiger partial charge is 0.476 e. The number of oxime groups is 1. The maximum absolute atomic E-state index is 11.9. The van der Waals surface area contributed by atoms with Crippen molar-refractivity contribution >= 4 is 38.0 Å². The molecule has 3 aromatic carbocycles. The van der Waals surface area contributed by atoms with Crippen molar-refractivity contribution in [3.05, 3.63) is 119 Å². The number of benzene rings is 3. The standard InChI is InChI=1S/C27H25N3O5S2/c1-37(33,34)18-17-35-30-24(25(31)32)23-19-36-26(28-23)29-27(20-11-5-2-6-12-20,21-13-7-3-8-14-21)22-15-9-4-10-16-22/h2-16,19H,17-18H2,1H3,(H,28,29)(H,31,32)/b30-24-. The Kier molecular flexibility index (Phi) is 8.00. The van der Waals surface area contributed by atoms with E-state index >= 15 is 0 Å². The first kappa shape index (κ1) is 26.1. The minimum atomic E-state index is -3.27. The molecule has 4 aromatic rings. The van der Waals surface area contributed by atoms with Crippen LogP contribution < -0.4 is 5.32 Å². The maximum atomic E-state index is 11.9. The van der Waals surface area contributed by atoms with E-state index < -0.39 is 27.1 Å². The van der Waals surface area contributed by atoms with Crippen LogP contribution in [-0.4, -0.2) is 48.8 Å². The zero-order valence-electron chi connectivity index (χ0n) is 19.9. The topological polar surface area (TPSA) is 118 Å². The van der Waals surface area contributed by atoms with E-state index in [9.17, 15) is 18.3 Å². The molecular weight excluding hydrogens is 510 g/mol. The number of anilines is 1. The fourth-order valence-corrected chi connectivity index (χ4v) is 5.00. The van der Waals surface area contributed by atoms with Gasteiger partial charge in [0, 0.05) is 11.6 Å². The van der Waals surface area contributed by atoms with Crippen molar-refractivity contribution in [2.75, 3.05) is 23.9 Å². The van der Waals surface area contributed by atoms with E-state index in [1.807, 2.05) is 91.0 Å². The van der Waals surface area contributed by atoms with Gasteiger partial charge < -0.3 is 15.3 Å². The monoisotopic (exact) mass is 535 g/mol. The molecule has 1 heterocycles. The zero-order valence-corrected chi connectivity index (χ0v) is 21.6. The van der Waals surface area contributed by atoms with Crippen LogP contribution in [0.25, 0.3) is 0 Å². The number of aromatic nitrogens is 1. The number of nitrogens with zero attached hydrogens (tertiary/aromatic N) is 2. The Morgan fingerprint density at radius 2 is 1.43 bits per heavy atom. The molecule has 0 saturated carbocycles. The van der Waals surface area contributed by atoms with Crippen LogP contribution in [0.2, 0.25) is 0 Å². The predicted molar refractivity (Wildman–Crippen MR) is 145 cm³/mol. The molecule has 190 valence electrons. The third-order valence-corrected chi connectivity index (χ3v) is 7.23. The van der Waals surface area contributed by atoms with Crippen LogP contribution >= 0.6 is 11.3 Å². The van der Waals surface area contributed by atoms with Crippen LogP contribution in [0.4, 0.5) is 5.13 Å². The summed E-state index contributed by atoms with van der Waals surface area (Å²) < 4.78 is 22.6. The Balaban J connectivity index is 1.76. The second-order valence-corrected chi connectivity index (χ2v) is 11.3. The highest BCUT2D eigenvalue weighted by molar-refractivity contribution is 7.90. The van der Waals surface area contributed by atoms with Crippen LogP contribution in [0.1, 0.15) is 22.4 Å². The average Bonchev–Trinajstić information content (AvgIpc) is 3.36.